The van der Waals surface area contributed by atoms with E-state index in [0.717, 1.165) is 36.5 Å². The number of carbonyl (C=O) groups is 3. The van der Waals surface area contributed by atoms with Crippen LogP contribution in [0.5, 0.6) is 5.75 Å². The van der Waals surface area contributed by atoms with Crippen molar-refractivity contribution in [2.45, 2.75) is 0 Å². The van der Waals surface area contributed by atoms with Gasteiger partial charge in [-0.2, -0.15) is 0 Å². The quantitative estimate of drug-likeness (QED) is 0.237. The molecule has 234 valence electrons. The van der Waals surface area contributed by atoms with E-state index >= 15 is 0 Å². The monoisotopic (exact) mass is 611 g/mol. The number of benzene rings is 1. The lowest BCUT2D eigenvalue weighted by Crippen LogP contribution is -2.41. The molecule has 5 rings (SSSR count). The first kappa shape index (κ1) is 31.2. The van der Waals surface area contributed by atoms with E-state index < -0.39 is 5.91 Å². The van der Waals surface area contributed by atoms with E-state index in [2.05, 4.69) is 25.8 Å². The van der Waals surface area contributed by atoms with E-state index in [1.54, 1.807) is 67.1 Å². The first-order valence-electron chi connectivity index (χ1n) is 14.6. The van der Waals surface area contributed by atoms with Crippen LogP contribution in [0.3, 0.4) is 0 Å². The molecule has 1 aliphatic heterocycles. The minimum atomic E-state index is -0.398. The lowest BCUT2D eigenvalue weighted by molar-refractivity contribution is 0.0383. The van der Waals surface area contributed by atoms with Crippen LogP contribution < -0.4 is 20.7 Å². The number of aryl methyl sites for hydroxylation is 2. The van der Waals surface area contributed by atoms with Crippen LogP contribution in [-0.2, 0) is 18.8 Å². The third-order valence-corrected chi connectivity index (χ3v) is 7.41. The predicted octanol–water partition coefficient (Wildman–Crippen LogP) is 3.50. The van der Waals surface area contributed by atoms with Crippen molar-refractivity contribution in [2.24, 2.45) is 14.1 Å². The first-order chi connectivity index (χ1) is 21.8. The molecule has 3 amide bonds. The summed E-state index contributed by atoms with van der Waals surface area (Å²) in [6.45, 7) is 4.40. The number of pyridine rings is 1. The highest BCUT2D eigenvalue weighted by atomic mass is 16.5. The van der Waals surface area contributed by atoms with Crippen molar-refractivity contribution in [3.8, 4) is 5.75 Å². The zero-order valence-corrected chi connectivity index (χ0v) is 25.6. The molecule has 0 spiro atoms. The van der Waals surface area contributed by atoms with E-state index in [1.807, 2.05) is 42.5 Å². The molecule has 12 nitrogen and oxygen atoms in total. The van der Waals surface area contributed by atoms with Gasteiger partial charge in [-0.05, 0) is 41.5 Å². The number of nitrogens with zero attached hydrogens (tertiary/aromatic N) is 4. The Kier molecular flexibility index (Phi) is 10.1. The zero-order valence-electron chi connectivity index (χ0n) is 25.6. The Morgan fingerprint density at radius 1 is 0.844 bits per heavy atom. The normalized spacial score (nSPS) is 13.5. The summed E-state index contributed by atoms with van der Waals surface area (Å²) in [5, 5.41) is 8.57. The summed E-state index contributed by atoms with van der Waals surface area (Å²) in [5.74, 6) is -0.207. The number of aromatic nitrogens is 3. The van der Waals surface area contributed by atoms with Crippen LogP contribution >= 0.6 is 0 Å². The molecule has 0 saturated carbocycles. The molecule has 3 N–H and O–H groups in total. The smallest absolute Gasteiger partial charge is 0.274 e. The topological polar surface area (TPSA) is 132 Å². The Morgan fingerprint density at radius 3 is 2.07 bits per heavy atom. The maximum absolute atomic E-state index is 13.1. The second-order valence-electron chi connectivity index (χ2n) is 10.7. The third-order valence-electron chi connectivity index (χ3n) is 7.41. The van der Waals surface area contributed by atoms with Gasteiger partial charge in [0.2, 0.25) is 0 Å². The molecule has 0 atom stereocenters. The highest BCUT2D eigenvalue weighted by Crippen LogP contribution is 2.19. The Balaban J connectivity index is 1.14. The van der Waals surface area contributed by atoms with Crippen LogP contribution in [0.4, 0.5) is 11.4 Å². The fourth-order valence-corrected chi connectivity index (χ4v) is 4.90. The second kappa shape index (κ2) is 14.5. The van der Waals surface area contributed by atoms with Crippen molar-refractivity contribution >= 4 is 41.2 Å². The number of ether oxygens (including phenoxy) is 2. The van der Waals surface area contributed by atoms with Gasteiger partial charge in [0.1, 0.15) is 22.8 Å². The molecule has 1 aromatic carbocycles. The molecular formula is C33H37N7O5. The van der Waals surface area contributed by atoms with Crippen LogP contribution in [0.1, 0.15) is 42.6 Å². The van der Waals surface area contributed by atoms with Gasteiger partial charge in [-0.15, -0.1) is 0 Å². The largest absolute Gasteiger partial charge is 0.497 e. The van der Waals surface area contributed by atoms with Crippen LogP contribution in [0, 0.1) is 0 Å². The number of hydrogen-bond donors (Lipinski definition) is 3. The number of hydrogen-bond acceptors (Lipinski definition) is 7. The molecule has 3 aromatic heterocycles. The standard InChI is InChI=1S/C33H37N7O5/c1-38-22-26(18-29(38)32(42)34-12-13-40-14-16-45-17-15-40)37-33(43)30-19-25(21-39(30)2)36-31(41)28-11-8-24(20-35-28)5-4-23-6-9-27(44-3)10-7-23/h4-11,18-22H,12-17H2,1-3H3,(H,34,42)(H,36,41)(H,37,43)/b5-4+. The maximum atomic E-state index is 13.1. The van der Waals surface area contributed by atoms with E-state index in [9.17, 15) is 14.4 Å². The SMILES string of the molecule is COc1ccc(/C=C/c2ccc(C(=O)Nc3cc(C(=O)Nc4cc(C(=O)NCCN5CCOCC5)n(C)c4)n(C)c3)nc2)cc1. The molecule has 1 saturated heterocycles. The van der Waals surface area contributed by atoms with E-state index in [-0.39, 0.29) is 17.5 Å². The van der Waals surface area contributed by atoms with Crippen molar-refractivity contribution in [3.05, 3.63) is 95.3 Å². The number of nitrogens with one attached hydrogen (secondary N) is 3. The Hall–Kier alpha value is -5.20. The van der Waals surface area contributed by atoms with Gasteiger partial charge in [0.15, 0.2) is 0 Å². The van der Waals surface area contributed by atoms with Crippen molar-refractivity contribution in [2.75, 3.05) is 57.1 Å². The van der Waals surface area contributed by atoms with Gasteiger partial charge in [-0.1, -0.05) is 30.4 Å². The predicted molar refractivity (Wildman–Crippen MR) is 172 cm³/mol. The van der Waals surface area contributed by atoms with Gasteiger partial charge in [-0.3, -0.25) is 24.3 Å². The van der Waals surface area contributed by atoms with Crippen LogP contribution in [0.25, 0.3) is 12.2 Å². The molecule has 1 fully saturated rings. The van der Waals surface area contributed by atoms with Crippen LogP contribution in [0.15, 0.2) is 67.1 Å². The van der Waals surface area contributed by atoms with E-state index in [1.165, 1.54) is 0 Å². The summed E-state index contributed by atoms with van der Waals surface area (Å²) in [6, 6.07) is 14.3. The maximum Gasteiger partial charge on any atom is 0.274 e. The highest BCUT2D eigenvalue weighted by Gasteiger charge is 2.18. The average molecular weight is 612 g/mol. The average Bonchev–Trinajstić information content (AvgIpc) is 3.61. The summed E-state index contributed by atoms with van der Waals surface area (Å²) in [7, 11) is 5.09. The Morgan fingerprint density at radius 2 is 1.44 bits per heavy atom. The van der Waals surface area contributed by atoms with Crippen molar-refractivity contribution < 1.29 is 23.9 Å². The van der Waals surface area contributed by atoms with Gasteiger partial charge in [-0.25, -0.2) is 0 Å². The zero-order chi connectivity index (χ0) is 31.8. The number of rotatable bonds is 11. The molecule has 0 unspecified atom stereocenters. The van der Waals surface area contributed by atoms with Gasteiger partial charge in [0, 0.05) is 58.9 Å². The summed E-state index contributed by atoms with van der Waals surface area (Å²) < 4.78 is 13.8. The van der Waals surface area contributed by atoms with Crippen molar-refractivity contribution in [1.29, 1.82) is 0 Å². The minimum Gasteiger partial charge on any atom is -0.497 e. The number of carbonyl (C=O) groups excluding carboxylic acids is 3. The molecule has 0 aliphatic carbocycles. The van der Waals surface area contributed by atoms with Gasteiger partial charge in [0.25, 0.3) is 17.7 Å². The van der Waals surface area contributed by atoms with Gasteiger partial charge in [0.05, 0.1) is 31.7 Å². The summed E-state index contributed by atoms with van der Waals surface area (Å²) in [4.78, 5) is 45.2. The van der Waals surface area contributed by atoms with Crippen molar-refractivity contribution in [1.82, 2.24) is 24.3 Å². The van der Waals surface area contributed by atoms with Gasteiger partial charge >= 0.3 is 0 Å². The fourth-order valence-electron chi connectivity index (χ4n) is 4.90. The fraction of sp³-hybridized carbons (Fsp3) is 0.273. The van der Waals surface area contributed by atoms with Gasteiger partial charge < -0.3 is 34.6 Å². The van der Waals surface area contributed by atoms with E-state index in [4.69, 9.17) is 9.47 Å². The first-order valence-corrected chi connectivity index (χ1v) is 14.6. The van der Waals surface area contributed by atoms with Crippen LogP contribution in [-0.4, -0.2) is 83.2 Å². The second-order valence-corrected chi connectivity index (χ2v) is 10.7. The lowest BCUT2D eigenvalue weighted by Gasteiger charge is -2.26. The molecule has 4 heterocycles. The highest BCUT2D eigenvalue weighted by molar-refractivity contribution is 6.07. The summed E-state index contributed by atoms with van der Waals surface area (Å²) in [5.41, 5.74) is 3.79. The summed E-state index contributed by atoms with van der Waals surface area (Å²) >= 11 is 0. The molecule has 45 heavy (non-hydrogen) atoms. The number of morpholine rings is 1. The Labute approximate surface area is 261 Å². The van der Waals surface area contributed by atoms with Crippen molar-refractivity contribution in [3.63, 3.8) is 0 Å². The molecule has 0 bridgehead atoms. The molecule has 4 aromatic rings. The molecule has 0 radical (unpaired) electrons. The van der Waals surface area contributed by atoms with E-state index in [0.29, 0.717) is 42.5 Å². The van der Waals surface area contributed by atoms with Crippen LogP contribution in [0.2, 0.25) is 0 Å². The number of anilines is 2. The number of methoxy groups -OCH3 is 1. The molecule has 1 aliphatic rings. The number of amides is 3. The molecular weight excluding hydrogens is 574 g/mol. The lowest BCUT2D eigenvalue weighted by atomic mass is 10.1. The third kappa shape index (κ3) is 8.25. The summed E-state index contributed by atoms with van der Waals surface area (Å²) in [6.07, 6.45) is 8.81. The molecule has 12 heteroatoms. The minimum absolute atomic E-state index is 0.218. The Bertz CT molecular complexity index is 1670.